The van der Waals surface area contributed by atoms with Crippen molar-refractivity contribution in [2.45, 2.75) is 32.4 Å². The monoisotopic (exact) mass is 405 g/mol. The first-order chi connectivity index (χ1) is 12.1. The molecule has 2 aliphatic heterocycles. The Hall–Kier alpha value is -1.80. The average Bonchev–Trinajstić information content (AvgIpc) is 3.19. The molecule has 5 nitrogen and oxygen atoms in total. The van der Waals surface area contributed by atoms with E-state index in [4.69, 9.17) is 5.73 Å². The third-order valence-electron chi connectivity index (χ3n) is 5.22. The van der Waals surface area contributed by atoms with E-state index in [0.717, 1.165) is 12.1 Å². The second-order valence-electron chi connectivity index (χ2n) is 7.41. The van der Waals surface area contributed by atoms with Gasteiger partial charge in [-0.05, 0) is 43.0 Å². The van der Waals surface area contributed by atoms with Crippen LogP contribution >= 0.6 is 12.4 Å². The molecular formula is C18H23ClF3N3O2. The summed E-state index contributed by atoms with van der Waals surface area (Å²) in [5.74, 6) is -0.680. The van der Waals surface area contributed by atoms with Gasteiger partial charge < -0.3 is 15.5 Å². The van der Waals surface area contributed by atoms with Gasteiger partial charge in [0.05, 0.1) is 5.56 Å². The molecular weight excluding hydrogens is 383 g/mol. The van der Waals surface area contributed by atoms with Crippen molar-refractivity contribution in [3.63, 3.8) is 0 Å². The SMILES string of the molecule is CC1(CN)CCN(C(=O)c2cc(N3CCCC3=O)cc(C(F)(F)F)c2)C1.Cl. The number of anilines is 1. The summed E-state index contributed by atoms with van der Waals surface area (Å²) in [6.07, 6.45) is -2.98. The molecule has 27 heavy (non-hydrogen) atoms. The average molecular weight is 406 g/mol. The van der Waals surface area contributed by atoms with Crippen LogP contribution in [0.4, 0.5) is 18.9 Å². The normalized spacial score (nSPS) is 22.9. The van der Waals surface area contributed by atoms with E-state index in [1.165, 1.54) is 15.9 Å². The zero-order valence-corrected chi connectivity index (χ0v) is 15.8. The highest BCUT2D eigenvalue weighted by Crippen LogP contribution is 2.35. The minimum atomic E-state index is -4.59. The van der Waals surface area contributed by atoms with Gasteiger partial charge in [-0.3, -0.25) is 9.59 Å². The first-order valence-electron chi connectivity index (χ1n) is 8.65. The maximum absolute atomic E-state index is 13.3. The summed E-state index contributed by atoms with van der Waals surface area (Å²) in [6.45, 7) is 3.60. The van der Waals surface area contributed by atoms with Crippen LogP contribution in [0.15, 0.2) is 18.2 Å². The van der Waals surface area contributed by atoms with E-state index in [9.17, 15) is 22.8 Å². The molecule has 2 amide bonds. The lowest BCUT2D eigenvalue weighted by atomic mass is 9.90. The number of hydrogen-bond donors (Lipinski definition) is 1. The van der Waals surface area contributed by atoms with Gasteiger partial charge in [0, 0.05) is 37.3 Å². The molecule has 1 aromatic carbocycles. The zero-order valence-electron chi connectivity index (χ0n) is 15.0. The number of rotatable bonds is 3. The Labute approximate surface area is 162 Å². The molecule has 1 aromatic rings. The molecule has 0 radical (unpaired) electrons. The highest BCUT2D eigenvalue weighted by Gasteiger charge is 2.37. The van der Waals surface area contributed by atoms with Crippen molar-refractivity contribution in [1.29, 1.82) is 0 Å². The minimum Gasteiger partial charge on any atom is -0.338 e. The third kappa shape index (κ3) is 4.38. The summed E-state index contributed by atoms with van der Waals surface area (Å²) in [5.41, 5.74) is 4.69. The highest BCUT2D eigenvalue weighted by atomic mass is 35.5. The van der Waals surface area contributed by atoms with Crippen LogP contribution in [0.5, 0.6) is 0 Å². The predicted molar refractivity (Wildman–Crippen MR) is 98.0 cm³/mol. The standard InChI is InChI=1S/C18H22F3N3O2.ClH/c1-17(10-22)4-6-23(11-17)16(26)12-7-13(18(19,20)21)9-14(8-12)24-5-2-3-15(24)25;/h7-9H,2-6,10-11,22H2,1H3;1H. The summed E-state index contributed by atoms with van der Waals surface area (Å²) in [6, 6.07) is 3.19. The Balaban J connectivity index is 0.00000261. The van der Waals surface area contributed by atoms with Crippen molar-refractivity contribution in [3.05, 3.63) is 29.3 Å². The molecule has 2 saturated heterocycles. The van der Waals surface area contributed by atoms with E-state index in [2.05, 4.69) is 0 Å². The Morgan fingerprint density at radius 2 is 1.96 bits per heavy atom. The number of hydrogen-bond acceptors (Lipinski definition) is 3. The molecule has 150 valence electrons. The second kappa shape index (κ2) is 7.67. The number of nitrogens with zero attached hydrogens (tertiary/aromatic N) is 2. The van der Waals surface area contributed by atoms with E-state index in [0.29, 0.717) is 45.4 Å². The lowest BCUT2D eigenvalue weighted by Crippen LogP contribution is -2.34. The zero-order chi connectivity index (χ0) is 19.1. The lowest BCUT2D eigenvalue weighted by Gasteiger charge is -2.24. The Morgan fingerprint density at radius 3 is 2.48 bits per heavy atom. The number of nitrogens with two attached hydrogens (primary N) is 1. The van der Waals surface area contributed by atoms with E-state index in [1.807, 2.05) is 6.92 Å². The maximum atomic E-state index is 13.3. The summed E-state index contributed by atoms with van der Waals surface area (Å²) in [4.78, 5) is 27.6. The highest BCUT2D eigenvalue weighted by molar-refractivity contribution is 5.99. The van der Waals surface area contributed by atoms with Crippen molar-refractivity contribution in [2.24, 2.45) is 11.1 Å². The van der Waals surface area contributed by atoms with Gasteiger partial charge in [-0.25, -0.2) is 0 Å². The van der Waals surface area contributed by atoms with Gasteiger partial charge >= 0.3 is 6.18 Å². The van der Waals surface area contributed by atoms with Gasteiger partial charge in [0.25, 0.3) is 5.91 Å². The van der Waals surface area contributed by atoms with Crippen molar-refractivity contribution in [2.75, 3.05) is 31.1 Å². The maximum Gasteiger partial charge on any atom is 0.416 e. The van der Waals surface area contributed by atoms with Crippen LogP contribution in [0.25, 0.3) is 0 Å². The minimum absolute atomic E-state index is 0. The Kier molecular flexibility index (Phi) is 6.11. The summed E-state index contributed by atoms with van der Waals surface area (Å²) in [7, 11) is 0. The predicted octanol–water partition coefficient (Wildman–Crippen LogP) is 3.06. The van der Waals surface area contributed by atoms with Crippen molar-refractivity contribution < 1.29 is 22.8 Å². The molecule has 0 aliphatic carbocycles. The summed E-state index contributed by atoms with van der Waals surface area (Å²) < 4.78 is 39.9. The molecule has 1 atom stereocenters. The number of alkyl halides is 3. The molecule has 2 heterocycles. The van der Waals surface area contributed by atoms with Crippen LogP contribution in [0, 0.1) is 5.41 Å². The molecule has 0 saturated carbocycles. The van der Waals surface area contributed by atoms with Gasteiger partial charge in [0.1, 0.15) is 0 Å². The van der Waals surface area contributed by atoms with Gasteiger partial charge in [-0.2, -0.15) is 13.2 Å². The topological polar surface area (TPSA) is 66.6 Å². The van der Waals surface area contributed by atoms with Gasteiger partial charge in [0.2, 0.25) is 5.91 Å². The molecule has 9 heteroatoms. The fourth-order valence-electron chi connectivity index (χ4n) is 3.52. The van der Waals surface area contributed by atoms with Gasteiger partial charge in [0.15, 0.2) is 0 Å². The van der Waals surface area contributed by atoms with Crippen LogP contribution in [0.2, 0.25) is 0 Å². The van der Waals surface area contributed by atoms with E-state index in [1.54, 1.807) is 0 Å². The van der Waals surface area contributed by atoms with E-state index < -0.39 is 17.6 Å². The fourth-order valence-corrected chi connectivity index (χ4v) is 3.52. The van der Waals surface area contributed by atoms with Gasteiger partial charge in [-0.1, -0.05) is 6.92 Å². The second-order valence-corrected chi connectivity index (χ2v) is 7.41. The smallest absolute Gasteiger partial charge is 0.338 e. The molecule has 0 spiro atoms. The molecule has 0 aromatic heterocycles. The molecule has 2 fully saturated rings. The third-order valence-corrected chi connectivity index (χ3v) is 5.22. The summed E-state index contributed by atoms with van der Waals surface area (Å²) in [5, 5.41) is 0. The van der Waals surface area contributed by atoms with E-state index >= 15 is 0 Å². The molecule has 2 N–H and O–H groups in total. The van der Waals surface area contributed by atoms with Crippen LogP contribution in [0.1, 0.15) is 42.1 Å². The summed E-state index contributed by atoms with van der Waals surface area (Å²) >= 11 is 0. The first kappa shape index (κ1) is 21.5. The van der Waals surface area contributed by atoms with Crippen LogP contribution in [0.3, 0.4) is 0 Å². The number of amides is 2. The number of halogens is 4. The Morgan fingerprint density at radius 1 is 1.26 bits per heavy atom. The van der Waals surface area contributed by atoms with Gasteiger partial charge in [-0.15, -0.1) is 12.4 Å². The largest absolute Gasteiger partial charge is 0.416 e. The number of benzene rings is 1. The number of carbonyl (C=O) groups excluding carboxylic acids is 2. The quantitative estimate of drug-likeness (QED) is 0.840. The first-order valence-corrected chi connectivity index (χ1v) is 8.65. The molecule has 1 unspecified atom stereocenters. The molecule has 2 aliphatic rings. The number of carbonyl (C=O) groups is 2. The fraction of sp³-hybridized carbons (Fsp3) is 0.556. The van der Waals surface area contributed by atoms with Crippen molar-refractivity contribution in [1.82, 2.24) is 4.90 Å². The molecule has 3 rings (SSSR count). The van der Waals surface area contributed by atoms with Crippen LogP contribution in [-0.4, -0.2) is 42.9 Å². The van der Waals surface area contributed by atoms with Crippen molar-refractivity contribution in [3.8, 4) is 0 Å². The van der Waals surface area contributed by atoms with E-state index in [-0.39, 0.29) is 35.0 Å². The molecule has 0 bridgehead atoms. The Bertz CT molecular complexity index is 741. The van der Waals surface area contributed by atoms with Crippen LogP contribution < -0.4 is 10.6 Å². The lowest BCUT2D eigenvalue weighted by molar-refractivity contribution is -0.137. The number of likely N-dealkylation sites (tertiary alicyclic amines) is 1. The van der Waals surface area contributed by atoms with Crippen molar-refractivity contribution >= 4 is 29.9 Å². The van der Waals surface area contributed by atoms with Crippen LogP contribution in [-0.2, 0) is 11.0 Å².